The highest BCUT2D eigenvalue weighted by atomic mass is 35.5. The number of hydrogen-bond donors (Lipinski definition) is 1. The Morgan fingerprint density at radius 3 is 2.67 bits per heavy atom. The van der Waals surface area contributed by atoms with Crippen molar-refractivity contribution in [3.05, 3.63) is 27.7 Å². The lowest BCUT2D eigenvalue weighted by atomic mass is 10.1. The van der Waals surface area contributed by atoms with E-state index in [1.807, 2.05) is 19.1 Å². The number of hydrogen-bond acceptors (Lipinski definition) is 2. The summed E-state index contributed by atoms with van der Waals surface area (Å²) in [6, 6.07) is 3.75. The van der Waals surface area contributed by atoms with Crippen LogP contribution in [0.3, 0.4) is 0 Å². The molecule has 1 saturated heterocycles. The quantitative estimate of drug-likeness (QED) is 0.872. The predicted molar refractivity (Wildman–Crippen MR) is 77.9 cm³/mol. The number of aryl methyl sites for hydroxylation is 1. The van der Waals surface area contributed by atoms with E-state index in [0.717, 1.165) is 35.7 Å². The van der Waals surface area contributed by atoms with Crippen molar-refractivity contribution in [2.24, 2.45) is 0 Å². The smallest absolute Gasteiger partial charge is 0.0755 e. The van der Waals surface area contributed by atoms with Gasteiger partial charge in [0.05, 0.1) is 22.4 Å². The van der Waals surface area contributed by atoms with Crippen LogP contribution in [0.1, 0.15) is 32.3 Å². The normalized spacial score (nSPS) is 22.2. The summed E-state index contributed by atoms with van der Waals surface area (Å²) < 4.78 is 5.93. The van der Waals surface area contributed by atoms with Crippen LogP contribution in [0.15, 0.2) is 12.1 Å². The highest BCUT2D eigenvalue weighted by molar-refractivity contribution is 6.35. The van der Waals surface area contributed by atoms with E-state index in [4.69, 9.17) is 27.9 Å². The third-order valence-corrected chi connectivity index (χ3v) is 4.04. The first-order valence-electron chi connectivity index (χ1n) is 6.25. The zero-order chi connectivity index (χ0) is 13.3. The van der Waals surface area contributed by atoms with E-state index in [-0.39, 0.29) is 11.7 Å². The molecule has 0 aromatic heterocycles. The molecule has 1 fully saturated rings. The highest BCUT2D eigenvalue weighted by Crippen LogP contribution is 2.31. The molecule has 1 N–H and O–H groups in total. The van der Waals surface area contributed by atoms with Crippen molar-refractivity contribution in [1.82, 2.24) is 0 Å². The summed E-state index contributed by atoms with van der Waals surface area (Å²) in [6.07, 6.45) is 2.43. The van der Waals surface area contributed by atoms with Crippen molar-refractivity contribution < 1.29 is 4.74 Å². The third kappa shape index (κ3) is 3.31. The molecule has 2 nitrogen and oxygen atoms in total. The zero-order valence-corrected chi connectivity index (χ0v) is 12.5. The van der Waals surface area contributed by atoms with E-state index in [2.05, 4.69) is 19.2 Å². The summed E-state index contributed by atoms with van der Waals surface area (Å²) in [5.74, 6) is 0. The van der Waals surface area contributed by atoms with Gasteiger partial charge in [-0.2, -0.15) is 0 Å². The first-order valence-corrected chi connectivity index (χ1v) is 7.00. The van der Waals surface area contributed by atoms with Gasteiger partial charge in [0.15, 0.2) is 0 Å². The molecule has 2 rings (SSSR count). The Kier molecular flexibility index (Phi) is 4.10. The molecule has 1 aromatic rings. The fourth-order valence-electron chi connectivity index (χ4n) is 2.23. The number of anilines is 1. The molecule has 0 aliphatic carbocycles. The Hall–Kier alpha value is -0.440. The van der Waals surface area contributed by atoms with Gasteiger partial charge in [-0.05, 0) is 51.3 Å². The lowest BCUT2D eigenvalue weighted by Gasteiger charge is -2.20. The highest BCUT2D eigenvalue weighted by Gasteiger charge is 2.31. The van der Waals surface area contributed by atoms with E-state index in [9.17, 15) is 0 Å². The van der Waals surface area contributed by atoms with E-state index >= 15 is 0 Å². The third-order valence-electron chi connectivity index (χ3n) is 3.32. The van der Waals surface area contributed by atoms with E-state index < -0.39 is 0 Å². The molecular weight excluding hydrogens is 269 g/mol. The molecule has 0 spiro atoms. The second kappa shape index (κ2) is 5.28. The molecule has 0 amide bonds. The van der Waals surface area contributed by atoms with Gasteiger partial charge >= 0.3 is 0 Å². The fraction of sp³-hybridized carbons (Fsp3) is 0.571. The van der Waals surface area contributed by atoms with Crippen molar-refractivity contribution in [3.63, 3.8) is 0 Å². The van der Waals surface area contributed by atoms with Gasteiger partial charge in [-0.3, -0.25) is 0 Å². The molecule has 0 bridgehead atoms. The Morgan fingerprint density at radius 1 is 1.33 bits per heavy atom. The molecule has 1 heterocycles. The monoisotopic (exact) mass is 287 g/mol. The van der Waals surface area contributed by atoms with Crippen molar-refractivity contribution in [1.29, 1.82) is 0 Å². The number of benzene rings is 1. The average molecular weight is 288 g/mol. The van der Waals surface area contributed by atoms with Crippen molar-refractivity contribution in [2.75, 3.05) is 11.9 Å². The summed E-state index contributed by atoms with van der Waals surface area (Å²) in [5.41, 5.74) is 1.87. The van der Waals surface area contributed by atoms with Crippen LogP contribution in [-0.2, 0) is 4.74 Å². The lowest BCUT2D eigenvalue weighted by molar-refractivity contribution is -0.00910. The van der Waals surface area contributed by atoms with Crippen LogP contribution in [0.25, 0.3) is 0 Å². The summed E-state index contributed by atoms with van der Waals surface area (Å²) in [7, 11) is 0. The van der Waals surface area contributed by atoms with Crippen LogP contribution < -0.4 is 5.32 Å². The first kappa shape index (κ1) is 14.0. The topological polar surface area (TPSA) is 21.3 Å². The molecule has 18 heavy (non-hydrogen) atoms. The van der Waals surface area contributed by atoms with Crippen LogP contribution in [0.4, 0.5) is 5.69 Å². The average Bonchev–Trinajstić information content (AvgIpc) is 2.62. The summed E-state index contributed by atoms with van der Waals surface area (Å²) in [4.78, 5) is 0. The fourth-order valence-corrected chi connectivity index (χ4v) is 2.68. The number of nitrogens with one attached hydrogen (secondary N) is 1. The maximum atomic E-state index is 6.18. The molecule has 1 aromatic carbocycles. The van der Waals surface area contributed by atoms with E-state index in [1.165, 1.54) is 0 Å². The van der Waals surface area contributed by atoms with Crippen LogP contribution in [0, 0.1) is 6.92 Å². The Balaban J connectivity index is 1.97. The van der Waals surface area contributed by atoms with E-state index in [0.29, 0.717) is 5.02 Å². The summed E-state index contributed by atoms with van der Waals surface area (Å²) >= 11 is 12.3. The predicted octanol–water partition coefficient (Wildman–Crippen LogP) is 4.67. The van der Waals surface area contributed by atoms with Crippen molar-refractivity contribution in [2.45, 2.75) is 45.3 Å². The van der Waals surface area contributed by atoms with Gasteiger partial charge in [-0.1, -0.05) is 23.2 Å². The summed E-state index contributed by atoms with van der Waals surface area (Å²) in [5, 5.41) is 4.75. The largest absolute Gasteiger partial charge is 0.381 e. The van der Waals surface area contributed by atoms with Crippen molar-refractivity contribution in [3.8, 4) is 0 Å². The first-order chi connectivity index (χ1) is 8.37. The SMILES string of the molecule is Cc1cc(Cl)c(NCC2CCC(C)(C)O2)cc1Cl. The summed E-state index contributed by atoms with van der Waals surface area (Å²) in [6.45, 7) is 6.97. The van der Waals surface area contributed by atoms with Crippen LogP contribution in [-0.4, -0.2) is 18.2 Å². The molecule has 1 unspecified atom stereocenters. The zero-order valence-electron chi connectivity index (χ0n) is 11.0. The Morgan fingerprint density at radius 2 is 2.06 bits per heavy atom. The number of ether oxygens (including phenoxy) is 1. The van der Waals surface area contributed by atoms with Crippen LogP contribution >= 0.6 is 23.2 Å². The van der Waals surface area contributed by atoms with Crippen LogP contribution in [0.5, 0.6) is 0 Å². The molecule has 0 radical (unpaired) electrons. The van der Waals surface area contributed by atoms with Crippen LogP contribution in [0.2, 0.25) is 10.0 Å². The second-order valence-electron chi connectivity index (χ2n) is 5.50. The van der Waals surface area contributed by atoms with Gasteiger partial charge in [-0.15, -0.1) is 0 Å². The van der Waals surface area contributed by atoms with Gasteiger partial charge < -0.3 is 10.1 Å². The minimum Gasteiger partial charge on any atom is -0.381 e. The number of rotatable bonds is 3. The van der Waals surface area contributed by atoms with Gasteiger partial charge in [-0.25, -0.2) is 0 Å². The Bertz CT molecular complexity index is 446. The molecule has 100 valence electrons. The maximum Gasteiger partial charge on any atom is 0.0755 e. The molecule has 4 heteroatoms. The maximum absolute atomic E-state index is 6.18. The standard InChI is InChI=1S/C14H19Cl2NO/c1-9-6-12(16)13(7-11(9)15)17-8-10-4-5-14(2,3)18-10/h6-7,10,17H,4-5,8H2,1-3H3. The van der Waals surface area contributed by atoms with E-state index in [1.54, 1.807) is 0 Å². The number of halogens is 2. The van der Waals surface area contributed by atoms with Gasteiger partial charge in [0.25, 0.3) is 0 Å². The van der Waals surface area contributed by atoms with Gasteiger partial charge in [0.1, 0.15) is 0 Å². The molecule has 1 aliphatic rings. The minimum atomic E-state index is 0.00105. The second-order valence-corrected chi connectivity index (χ2v) is 6.31. The van der Waals surface area contributed by atoms with Crippen molar-refractivity contribution >= 4 is 28.9 Å². The molecule has 0 saturated carbocycles. The molecule has 1 atom stereocenters. The van der Waals surface area contributed by atoms with Gasteiger partial charge in [0.2, 0.25) is 0 Å². The molecular formula is C14H19Cl2NO. The minimum absolute atomic E-state index is 0.00105. The molecule has 1 aliphatic heterocycles. The Labute approximate surface area is 119 Å². The lowest BCUT2D eigenvalue weighted by Crippen LogP contribution is -2.24. The van der Waals surface area contributed by atoms with Gasteiger partial charge in [0, 0.05) is 11.6 Å².